The molecule has 0 aromatic carbocycles. The lowest BCUT2D eigenvalue weighted by Crippen LogP contribution is -2.49. The first-order valence-electron chi connectivity index (χ1n) is 9.37. The predicted octanol–water partition coefficient (Wildman–Crippen LogP) is 1.52. The van der Waals surface area contributed by atoms with Crippen molar-refractivity contribution in [2.24, 2.45) is 0 Å². The third-order valence-electron chi connectivity index (χ3n) is 5.05. The summed E-state index contributed by atoms with van der Waals surface area (Å²) in [5.74, 6) is -0.189. The topological polar surface area (TPSA) is 122 Å². The smallest absolute Gasteiger partial charge is 0.322 e. The molecule has 11 heteroatoms. The number of hydrogen-bond acceptors (Lipinski definition) is 7. The molecule has 0 radical (unpaired) electrons. The molecule has 0 spiro atoms. The molecule has 2 aromatic rings. The van der Waals surface area contributed by atoms with Gasteiger partial charge in [-0.2, -0.15) is 5.01 Å². The number of thioether (sulfide) groups is 1. The van der Waals surface area contributed by atoms with E-state index in [2.05, 4.69) is 25.9 Å². The summed E-state index contributed by atoms with van der Waals surface area (Å²) in [6.07, 6.45) is 5.90. The van der Waals surface area contributed by atoms with Crippen LogP contribution < -0.4 is 10.7 Å². The van der Waals surface area contributed by atoms with Gasteiger partial charge in [-0.05, 0) is 38.3 Å². The zero-order valence-electron chi connectivity index (χ0n) is 16.1. The monoisotopic (exact) mass is 415 g/mol. The molecule has 1 saturated carbocycles. The van der Waals surface area contributed by atoms with Gasteiger partial charge in [-0.1, -0.05) is 18.7 Å². The summed E-state index contributed by atoms with van der Waals surface area (Å²) >= 11 is 1.22. The Morgan fingerprint density at radius 1 is 1.31 bits per heavy atom. The Bertz CT molecular complexity index is 960. The highest BCUT2D eigenvalue weighted by atomic mass is 32.2. The fraction of sp³-hybridized carbons (Fsp3) is 0.444. The van der Waals surface area contributed by atoms with E-state index in [0.717, 1.165) is 29.2 Å². The van der Waals surface area contributed by atoms with Crippen LogP contribution in [0.15, 0.2) is 29.7 Å². The van der Waals surface area contributed by atoms with Gasteiger partial charge < -0.3 is 5.32 Å². The number of carbonyl (C=O) groups excluding carboxylic acids is 3. The van der Waals surface area contributed by atoms with E-state index < -0.39 is 23.4 Å². The van der Waals surface area contributed by atoms with Crippen LogP contribution in [0.2, 0.25) is 0 Å². The van der Waals surface area contributed by atoms with Crippen LogP contribution in [0.3, 0.4) is 0 Å². The van der Waals surface area contributed by atoms with Gasteiger partial charge in [-0.15, -0.1) is 10.2 Å². The van der Waals surface area contributed by atoms with Crippen molar-refractivity contribution in [3.63, 3.8) is 0 Å². The molecule has 1 aliphatic carbocycles. The second-order valence-corrected chi connectivity index (χ2v) is 8.17. The zero-order chi connectivity index (χ0) is 20.6. The van der Waals surface area contributed by atoms with Crippen molar-refractivity contribution in [2.75, 3.05) is 5.75 Å². The van der Waals surface area contributed by atoms with Gasteiger partial charge in [0, 0.05) is 24.0 Å². The first kappa shape index (κ1) is 19.4. The number of rotatable bonds is 7. The van der Waals surface area contributed by atoms with Crippen LogP contribution in [0.5, 0.6) is 0 Å². The van der Waals surface area contributed by atoms with Crippen molar-refractivity contribution in [1.29, 1.82) is 0 Å². The van der Waals surface area contributed by atoms with E-state index in [1.807, 2.05) is 16.7 Å². The van der Waals surface area contributed by atoms with Crippen LogP contribution >= 0.6 is 11.8 Å². The van der Waals surface area contributed by atoms with Gasteiger partial charge in [0.05, 0.1) is 5.75 Å². The second kappa shape index (κ2) is 7.47. The molecule has 2 aromatic heterocycles. The number of hydrogen-bond donors (Lipinski definition) is 2. The third-order valence-corrected chi connectivity index (χ3v) is 6.00. The predicted molar refractivity (Wildman–Crippen MR) is 104 cm³/mol. The van der Waals surface area contributed by atoms with E-state index in [1.54, 1.807) is 26.2 Å². The number of pyridine rings is 1. The average molecular weight is 415 g/mol. The van der Waals surface area contributed by atoms with Gasteiger partial charge in [-0.25, -0.2) is 4.79 Å². The maximum atomic E-state index is 12.4. The minimum atomic E-state index is -0.997. The van der Waals surface area contributed by atoms with Gasteiger partial charge in [0.25, 0.3) is 5.91 Å². The van der Waals surface area contributed by atoms with Crippen LogP contribution in [0, 0.1) is 0 Å². The number of amides is 4. The molecule has 152 valence electrons. The number of hydrazine groups is 1. The summed E-state index contributed by atoms with van der Waals surface area (Å²) in [7, 11) is 0. The number of nitrogens with zero attached hydrogens (tertiary/aromatic N) is 5. The molecule has 2 N–H and O–H groups in total. The quantitative estimate of drug-likeness (QED) is 0.519. The molecule has 4 amide bonds. The molecule has 0 unspecified atom stereocenters. The summed E-state index contributed by atoms with van der Waals surface area (Å²) in [4.78, 5) is 40.8. The van der Waals surface area contributed by atoms with Gasteiger partial charge in [0.1, 0.15) is 5.54 Å². The number of aromatic nitrogens is 4. The molecule has 2 fully saturated rings. The molecular formula is C18H21N7O3S. The van der Waals surface area contributed by atoms with E-state index in [0.29, 0.717) is 17.6 Å². The number of carbonyl (C=O) groups is 3. The fourth-order valence-corrected chi connectivity index (χ4v) is 3.85. The van der Waals surface area contributed by atoms with Crippen LogP contribution in [0.25, 0.3) is 11.4 Å². The van der Waals surface area contributed by atoms with E-state index in [1.165, 1.54) is 11.8 Å². The lowest BCUT2D eigenvalue weighted by molar-refractivity contribution is -0.137. The Balaban J connectivity index is 1.43. The Labute approximate surface area is 171 Å². The first-order valence-corrected chi connectivity index (χ1v) is 10.4. The van der Waals surface area contributed by atoms with Crippen molar-refractivity contribution < 1.29 is 14.4 Å². The normalized spacial score (nSPS) is 21.4. The minimum Gasteiger partial charge on any atom is -0.322 e. The number of nitrogens with one attached hydrogen (secondary N) is 2. The molecule has 4 rings (SSSR count). The van der Waals surface area contributed by atoms with Crippen molar-refractivity contribution in [3.8, 4) is 11.4 Å². The average Bonchev–Trinajstić information content (AvgIpc) is 3.44. The minimum absolute atomic E-state index is 0.00109. The van der Waals surface area contributed by atoms with E-state index in [9.17, 15) is 14.4 Å². The van der Waals surface area contributed by atoms with Crippen LogP contribution in [0.4, 0.5) is 4.79 Å². The number of imide groups is 1. The van der Waals surface area contributed by atoms with E-state index >= 15 is 0 Å². The third kappa shape index (κ3) is 3.69. The van der Waals surface area contributed by atoms with Crippen molar-refractivity contribution in [2.45, 2.75) is 49.8 Å². The van der Waals surface area contributed by atoms with Crippen LogP contribution in [-0.2, 0) is 9.59 Å². The second-order valence-electron chi connectivity index (χ2n) is 7.22. The summed E-state index contributed by atoms with van der Waals surface area (Å²) in [6, 6.07) is 3.42. The molecule has 29 heavy (non-hydrogen) atoms. The first-order chi connectivity index (χ1) is 13.9. The van der Waals surface area contributed by atoms with E-state index in [-0.39, 0.29) is 5.75 Å². The molecule has 0 bridgehead atoms. The molecule has 1 saturated heterocycles. The maximum Gasteiger partial charge on any atom is 0.344 e. The zero-order valence-corrected chi connectivity index (χ0v) is 16.9. The van der Waals surface area contributed by atoms with E-state index in [4.69, 9.17) is 0 Å². The van der Waals surface area contributed by atoms with Gasteiger partial charge in [0.15, 0.2) is 11.0 Å². The Morgan fingerprint density at radius 2 is 2.03 bits per heavy atom. The molecule has 10 nitrogen and oxygen atoms in total. The van der Waals surface area contributed by atoms with Gasteiger partial charge >= 0.3 is 6.03 Å². The lowest BCUT2D eigenvalue weighted by Gasteiger charge is -2.19. The fourth-order valence-electron chi connectivity index (χ4n) is 3.05. The molecular weight excluding hydrogens is 394 g/mol. The molecule has 1 aliphatic heterocycles. The standard InChI is InChI=1S/C18H21N7O3S/c1-3-18(2)15(27)25(16(28)20-18)23-13(26)10-29-17-22-21-14(24(17)12-4-5-12)11-6-8-19-9-7-11/h6-9,12H,3-5,10H2,1-2H3,(H,20,28)(H,23,26)/t18-/m1/s1. The van der Waals surface area contributed by atoms with Crippen molar-refractivity contribution in [1.82, 2.24) is 35.5 Å². The molecule has 1 atom stereocenters. The highest BCUT2D eigenvalue weighted by Gasteiger charge is 2.47. The summed E-state index contributed by atoms with van der Waals surface area (Å²) in [5.41, 5.74) is 2.30. The summed E-state index contributed by atoms with van der Waals surface area (Å²) in [6.45, 7) is 3.43. The Hall–Kier alpha value is -2.95. The maximum absolute atomic E-state index is 12.4. The highest BCUT2D eigenvalue weighted by molar-refractivity contribution is 7.99. The van der Waals surface area contributed by atoms with Crippen molar-refractivity contribution >= 4 is 29.6 Å². The van der Waals surface area contributed by atoms with Crippen molar-refractivity contribution in [3.05, 3.63) is 24.5 Å². The van der Waals surface area contributed by atoms with Gasteiger partial charge in [-0.3, -0.25) is 24.6 Å². The summed E-state index contributed by atoms with van der Waals surface area (Å²) in [5, 5.41) is 12.5. The van der Waals surface area contributed by atoms with Crippen LogP contribution in [0.1, 0.15) is 39.2 Å². The number of urea groups is 1. The highest BCUT2D eigenvalue weighted by Crippen LogP contribution is 2.40. The Kier molecular flexibility index (Phi) is 4.99. The SMILES string of the molecule is CC[C@@]1(C)NC(=O)N(NC(=O)CSc2nnc(-c3ccncc3)n2C2CC2)C1=O. The van der Waals surface area contributed by atoms with Gasteiger partial charge in [0.2, 0.25) is 5.91 Å². The lowest BCUT2D eigenvalue weighted by atomic mass is 10.00. The largest absolute Gasteiger partial charge is 0.344 e. The summed E-state index contributed by atoms with van der Waals surface area (Å²) < 4.78 is 2.04. The molecule has 2 aliphatic rings. The molecule has 3 heterocycles. The van der Waals surface area contributed by atoms with Crippen LogP contribution in [-0.4, -0.2) is 53.9 Å². The Morgan fingerprint density at radius 3 is 2.66 bits per heavy atom.